The van der Waals surface area contributed by atoms with Gasteiger partial charge in [-0.15, -0.1) is 0 Å². The number of carboxylic acid groups (broad SMARTS) is 1. The Bertz CT molecular complexity index is 642. The number of carbonyl (C=O) groups is 1. The lowest BCUT2D eigenvalue weighted by Gasteiger charge is -2.02. The summed E-state index contributed by atoms with van der Waals surface area (Å²) >= 11 is 0. The topological polar surface area (TPSA) is 115 Å². The van der Waals surface area contributed by atoms with Crippen LogP contribution < -0.4 is 4.72 Å². The van der Waals surface area contributed by atoms with E-state index in [2.05, 4.69) is 14.7 Å². The molecule has 0 spiro atoms. The number of rotatable bonds is 5. The Hall–Kier alpha value is -2.06. The van der Waals surface area contributed by atoms with E-state index in [0.717, 1.165) is 17.8 Å². The Kier molecular flexibility index (Phi) is 3.21. The number of H-pyrrole nitrogens is 2. The highest BCUT2D eigenvalue weighted by molar-refractivity contribution is 7.89. The lowest BCUT2D eigenvalue weighted by atomic mass is 10.4. The molecule has 7 nitrogen and oxygen atoms in total. The van der Waals surface area contributed by atoms with Crippen molar-refractivity contribution >= 4 is 16.0 Å². The highest BCUT2D eigenvalue weighted by Crippen LogP contribution is 2.11. The minimum atomic E-state index is -3.71. The Morgan fingerprint density at radius 3 is 2.72 bits per heavy atom. The number of carboxylic acids is 1. The van der Waals surface area contributed by atoms with E-state index < -0.39 is 16.0 Å². The summed E-state index contributed by atoms with van der Waals surface area (Å²) in [5.41, 5.74) is 0.615. The highest BCUT2D eigenvalue weighted by Gasteiger charge is 2.17. The van der Waals surface area contributed by atoms with E-state index in [-0.39, 0.29) is 17.1 Å². The average molecular weight is 269 g/mol. The molecule has 0 amide bonds. The van der Waals surface area contributed by atoms with Crippen LogP contribution in [0.15, 0.2) is 35.6 Å². The number of hydrogen-bond acceptors (Lipinski definition) is 3. The molecule has 0 aliphatic rings. The molecule has 2 aromatic rings. The third-order valence-electron chi connectivity index (χ3n) is 2.33. The minimum Gasteiger partial charge on any atom is -0.477 e. The average Bonchev–Trinajstić information content (AvgIpc) is 2.98. The van der Waals surface area contributed by atoms with Crippen LogP contribution >= 0.6 is 0 Å². The van der Waals surface area contributed by atoms with Crippen LogP contribution in [-0.2, 0) is 16.6 Å². The van der Waals surface area contributed by atoms with E-state index >= 15 is 0 Å². The third kappa shape index (κ3) is 2.60. The van der Waals surface area contributed by atoms with Crippen molar-refractivity contribution in [1.29, 1.82) is 0 Å². The number of aromatic nitrogens is 2. The minimum absolute atomic E-state index is 0.101. The summed E-state index contributed by atoms with van der Waals surface area (Å²) in [4.78, 5) is 15.7. The first-order chi connectivity index (χ1) is 8.49. The predicted molar refractivity (Wildman–Crippen MR) is 62.6 cm³/mol. The molecule has 0 fully saturated rings. The maximum absolute atomic E-state index is 11.8. The van der Waals surface area contributed by atoms with Crippen molar-refractivity contribution in [2.75, 3.05) is 0 Å². The van der Waals surface area contributed by atoms with Gasteiger partial charge in [-0.2, -0.15) is 0 Å². The van der Waals surface area contributed by atoms with Crippen molar-refractivity contribution in [3.63, 3.8) is 0 Å². The molecule has 18 heavy (non-hydrogen) atoms. The van der Waals surface area contributed by atoms with Crippen LogP contribution in [0, 0.1) is 0 Å². The number of aromatic carboxylic acids is 1. The first-order valence-electron chi connectivity index (χ1n) is 5.02. The first-order valence-corrected chi connectivity index (χ1v) is 6.50. The normalized spacial score (nSPS) is 11.6. The summed E-state index contributed by atoms with van der Waals surface area (Å²) in [7, 11) is -3.71. The van der Waals surface area contributed by atoms with Gasteiger partial charge in [0.2, 0.25) is 10.0 Å². The molecule has 0 aromatic carbocycles. The number of nitrogens with one attached hydrogen (secondary N) is 3. The standard InChI is InChI=1S/C10H11N3O4S/c14-10(15)9-3-8(6-12-9)18(16,17)13-5-7-1-2-11-4-7/h1-4,6,11-13H,5H2,(H,14,15). The van der Waals surface area contributed by atoms with Crippen molar-refractivity contribution in [2.45, 2.75) is 11.4 Å². The van der Waals surface area contributed by atoms with Gasteiger partial charge in [-0.05, 0) is 17.7 Å². The largest absolute Gasteiger partial charge is 0.477 e. The molecule has 2 rings (SSSR count). The second-order valence-electron chi connectivity index (χ2n) is 3.60. The second-order valence-corrected chi connectivity index (χ2v) is 5.36. The summed E-state index contributed by atoms with van der Waals surface area (Å²) in [6.45, 7) is 0.138. The summed E-state index contributed by atoms with van der Waals surface area (Å²) in [5.74, 6) is -1.21. The summed E-state index contributed by atoms with van der Waals surface area (Å²) in [6.07, 6.45) is 4.49. The molecule has 0 saturated carbocycles. The number of sulfonamides is 1. The number of hydrogen-bond donors (Lipinski definition) is 4. The van der Waals surface area contributed by atoms with Crippen molar-refractivity contribution in [3.8, 4) is 0 Å². The fourth-order valence-electron chi connectivity index (χ4n) is 1.38. The van der Waals surface area contributed by atoms with Gasteiger partial charge in [0.15, 0.2) is 0 Å². The monoisotopic (exact) mass is 269 g/mol. The fraction of sp³-hybridized carbons (Fsp3) is 0.100. The van der Waals surface area contributed by atoms with Crippen LogP contribution in [0.2, 0.25) is 0 Å². The van der Waals surface area contributed by atoms with E-state index in [0.29, 0.717) is 0 Å². The molecule has 0 bridgehead atoms. The van der Waals surface area contributed by atoms with E-state index in [4.69, 9.17) is 5.11 Å². The predicted octanol–water partition coefficient (Wildman–Crippen LogP) is 0.519. The van der Waals surface area contributed by atoms with E-state index in [1.807, 2.05) is 0 Å². The molecule has 4 N–H and O–H groups in total. The molecule has 8 heteroatoms. The van der Waals surface area contributed by atoms with Crippen LogP contribution in [-0.4, -0.2) is 29.5 Å². The van der Waals surface area contributed by atoms with Crippen molar-refractivity contribution in [1.82, 2.24) is 14.7 Å². The van der Waals surface area contributed by atoms with Gasteiger partial charge in [-0.1, -0.05) is 0 Å². The molecule has 0 aliphatic heterocycles. The Balaban J connectivity index is 2.12. The van der Waals surface area contributed by atoms with Crippen LogP contribution in [0.3, 0.4) is 0 Å². The zero-order valence-corrected chi connectivity index (χ0v) is 9.99. The maximum atomic E-state index is 11.8. The van der Waals surface area contributed by atoms with Gasteiger partial charge in [0.05, 0.1) is 0 Å². The van der Waals surface area contributed by atoms with Gasteiger partial charge in [0, 0.05) is 25.1 Å². The summed E-state index contributed by atoms with van der Waals surface area (Å²) < 4.78 is 26.0. The molecular weight excluding hydrogens is 258 g/mol. The van der Waals surface area contributed by atoms with E-state index in [1.165, 1.54) is 0 Å². The Morgan fingerprint density at radius 1 is 1.39 bits per heavy atom. The maximum Gasteiger partial charge on any atom is 0.352 e. The van der Waals surface area contributed by atoms with Crippen molar-refractivity contribution in [2.24, 2.45) is 0 Å². The lowest BCUT2D eigenvalue weighted by molar-refractivity contribution is 0.0691. The van der Waals surface area contributed by atoms with Crippen LogP contribution in [0.1, 0.15) is 16.1 Å². The first kappa shape index (κ1) is 12.4. The molecular formula is C10H11N3O4S. The SMILES string of the molecule is O=C(O)c1cc(S(=O)(=O)NCc2cc[nH]c2)c[nH]1. The molecule has 96 valence electrons. The third-order valence-corrected chi connectivity index (χ3v) is 3.71. The zero-order valence-electron chi connectivity index (χ0n) is 9.17. The van der Waals surface area contributed by atoms with E-state index in [9.17, 15) is 13.2 Å². The highest BCUT2D eigenvalue weighted by atomic mass is 32.2. The van der Waals surface area contributed by atoms with Crippen LogP contribution in [0.4, 0.5) is 0 Å². The Morgan fingerprint density at radius 2 is 2.17 bits per heavy atom. The van der Waals surface area contributed by atoms with Gasteiger partial charge >= 0.3 is 5.97 Å². The zero-order chi connectivity index (χ0) is 13.2. The summed E-state index contributed by atoms with van der Waals surface area (Å²) in [6, 6.07) is 2.81. The van der Waals surface area contributed by atoms with E-state index in [1.54, 1.807) is 18.5 Å². The molecule has 2 heterocycles. The molecule has 0 unspecified atom stereocenters. The molecule has 2 aromatic heterocycles. The lowest BCUT2D eigenvalue weighted by Crippen LogP contribution is -2.22. The quantitative estimate of drug-likeness (QED) is 0.633. The Labute approximate surface area is 103 Å². The fourth-order valence-corrected chi connectivity index (χ4v) is 2.39. The smallest absolute Gasteiger partial charge is 0.352 e. The van der Waals surface area contributed by atoms with Gasteiger partial charge in [0.1, 0.15) is 10.6 Å². The summed E-state index contributed by atoms with van der Waals surface area (Å²) in [5, 5.41) is 8.69. The van der Waals surface area contributed by atoms with Gasteiger partial charge < -0.3 is 15.1 Å². The van der Waals surface area contributed by atoms with Gasteiger partial charge in [-0.25, -0.2) is 17.9 Å². The van der Waals surface area contributed by atoms with Crippen LogP contribution in [0.25, 0.3) is 0 Å². The molecule has 0 atom stereocenters. The van der Waals surface area contributed by atoms with Gasteiger partial charge in [0.25, 0.3) is 0 Å². The second kappa shape index (κ2) is 4.67. The van der Waals surface area contributed by atoms with Gasteiger partial charge in [-0.3, -0.25) is 0 Å². The van der Waals surface area contributed by atoms with Crippen molar-refractivity contribution in [3.05, 3.63) is 42.0 Å². The molecule has 0 radical (unpaired) electrons. The van der Waals surface area contributed by atoms with Crippen molar-refractivity contribution < 1.29 is 18.3 Å². The van der Waals surface area contributed by atoms with Crippen LogP contribution in [0.5, 0.6) is 0 Å². The number of aromatic amines is 2. The molecule has 0 aliphatic carbocycles. The molecule has 0 saturated heterocycles.